The molecule has 2 fully saturated rings. The van der Waals surface area contributed by atoms with Crippen LogP contribution < -0.4 is 5.32 Å². The van der Waals surface area contributed by atoms with Crippen molar-refractivity contribution in [2.24, 2.45) is 0 Å². The van der Waals surface area contributed by atoms with Gasteiger partial charge in [-0.05, 0) is 25.7 Å². The molecule has 0 aromatic rings. The Balaban J connectivity index is 1.66. The molecule has 0 unspecified atom stereocenters. The zero-order chi connectivity index (χ0) is 11.2. The van der Waals surface area contributed by atoms with Gasteiger partial charge in [-0.15, -0.1) is 6.42 Å². The molecule has 0 bridgehead atoms. The minimum Gasteiger partial charge on any atom is -0.311 e. The summed E-state index contributed by atoms with van der Waals surface area (Å²) in [7, 11) is 0. The Morgan fingerprint density at radius 3 is 2.25 bits per heavy atom. The van der Waals surface area contributed by atoms with E-state index >= 15 is 0 Å². The highest BCUT2D eigenvalue weighted by molar-refractivity contribution is 4.91. The Hall–Kier alpha value is -0.520. The van der Waals surface area contributed by atoms with Crippen molar-refractivity contribution >= 4 is 0 Å². The predicted molar refractivity (Wildman–Crippen MR) is 68.3 cm³/mol. The van der Waals surface area contributed by atoms with E-state index in [1.54, 1.807) is 0 Å². The third-order valence-electron chi connectivity index (χ3n) is 3.98. The van der Waals surface area contributed by atoms with Gasteiger partial charge >= 0.3 is 0 Å². The van der Waals surface area contributed by atoms with E-state index in [0.29, 0.717) is 0 Å². The Morgan fingerprint density at radius 2 is 1.62 bits per heavy atom. The molecule has 1 aliphatic carbocycles. The first kappa shape index (κ1) is 12.0. The first-order valence-electron chi connectivity index (χ1n) is 6.80. The van der Waals surface area contributed by atoms with Crippen molar-refractivity contribution in [3.8, 4) is 12.3 Å². The summed E-state index contributed by atoms with van der Waals surface area (Å²) < 4.78 is 0. The molecule has 0 spiro atoms. The van der Waals surface area contributed by atoms with Crippen molar-refractivity contribution < 1.29 is 0 Å². The molecule has 1 N–H and O–H groups in total. The van der Waals surface area contributed by atoms with Crippen molar-refractivity contribution in [2.45, 2.75) is 57.0 Å². The molecule has 1 saturated carbocycles. The number of rotatable bonds is 3. The monoisotopic (exact) mass is 220 g/mol. The number of hydrogen-bond acceptors (Lipinski definition) is 2. The molecule has 0 amide bonds. The van der Waals surface area contributed by atoms with E-state index in [2.05, 4.69) is 16.1 Å². The van der Waals surface area contributed by atoms with Crippen molar-refractivity contribution in [3.05, 3.63) is 0 Å². The van der Waals surface area contributed by atoms with Gasteiger partial charge in [0, 0.05) is 25.2 Å². The van der Waals surface area contributed by atoms with Crippen molar-refractivity contribution in [1.29, 1.82) is 0 Å². The molecule has 1 aliphatic heterocycles. The molecule has 1 heterocycles. The second-order valence-electron chi connectivity index (χ2n) is 5.26. The molecule has 1 saturated heterocycles. The smallest absolute Gasteiger partial charge is 0.0598 e. The van der Waals surface area contributed by atoms with Gasteiger partial charge in [-0.3, -0.25) is 4.90 Å². The van der Waals surface area contributed by atoms with Gasteiger partial charge in [-0.25, -0.2) is 0 Å². The highest BCUT2D eigenvalue weighted by atomic mass is 15.1. The zero-order valence-corrected chi connectivity index (χ0v) is 10.3. The molecule has 2 aliphatic rings. The summed E-state index contributed by atoms with van der Waals surface area (Å²) in [5.41, 5.74) is 0. The van der Waals surface area contributed by atoms with E-state index in [1.807, 2.05) is 0 Å². The minimum atomic E-state index is 0.747. The molecule has 2 nitrogen and oxygen atoms in total. The van der Waals surface area contributed by atoms with E-state index in [-0.39, 0.29) is 0 Å². The Bertz CT molecular complexity index is 230. The fourth-order valence-electron chi connectivity index (χ4n) is 2.99. The number of likely N-dealkylation sites (tertiary alicyclic amines) is 1. The van der Waals surface area contributed by atoms with Crippen molar-refractivity contribution in [3.63, 3.8) is 0 Å². The van der Waals surface area contributed by atoms with Gasteiger partial charge in [0.2, 0.25) is 0 Å². The van der Waals surface area contributed by atoms with Crippen LogP contribution in [0, 0.1) is 12.3 Å². The fourth-order valence-corrected chi connectivity index (χ4v) is 2.99. The summed E-state index contributed by atoms with van der Waals surface area (Å²) in [5, 5.41) is 3.84. The first-order chi connectivity index (χ1) is 7.88. The second-order valence-corrected chi connectivity index (χ2v) is 5.26. The molecule has 0 atom stereocenters. The highest BCUT2D eigenvalue weighted by Gasteiger charge is 2.22. The summed E-state index contributed by atoms with van der Waals surface area (Å²) in [6.45, 7) is 3.18. The third kappa shape index (κ3) is 3.50. The number of terminal acetylenes is 1. The average molecular weight is 220 g/mol. The maximum absolute atomic E-state index is 5.34. The van der Waals surface area contributed by atoms with Crippen LogP contribution in [0.4, 0.5) is 0 Å². The number of nitrogens with one attached hydrogen (secondary N) is 1. The van der Waals surface area contributed by atoms with Crippen LogP contribution in [-0.2, 0) is 0 Å². The fraction of sp³-hybridized carbons (Fsp3) is 0.857. The van der Waals surface area contributed by atoms with Crippen LogP contribution in [0.3, 0.4) is 0 Å². The summed E-state index contributed by atoms with van der Waals surface area (Å²) in [6, 6.07) is 1.55. The van der Waals surface area contributed by atoms with Crippen LogP contribution in [0.25, 0.3) is 0 Å². The average Bonchev–Trinajstić information content (AvgIpc) is 2.33. The van der Waals surface area contributed by atoms with Crippen LogP contribution in [0.15, 0.2) is 0 Å². The van der Waals surface area contributed by atoms with E-state index in [9.17, 15) is 0 Å². The SMILES string of the molecule is C#CCN1CCC(NC2CCCCC2)CC1. The van der Waals surface area contributed by atoms with E-state index in [1.165, 1.54) is 58.0 Å². The van der Waals surface area contributed by atoms with Gasteiger partial charge in [0.15, 0.2) is 0 Å². The molecule has 90 valence electrons. The van der Waals surface area contributed by atoms with E-state index < -0.39 is 0 Å². The van der Waals surface area contributed by atoms with Gasteiger partial charge in [-0.1, -0.05) is 25.2 Å². The molecular weight excluding hydrogens is 196 g/mol. The largest absolute Gasteiger partial charge is 0.311 e. The Kier molecular flexibility index (Phi) is 4.69. The van der Waals surface area contributed by atoms with Gasteiger partial charge in [0.05, 0.1) is 6.54 Å². The predicted octanol–water partition coefficient (Wildman–Crippen LogP) is 2.01. The first-order valence-corrected chi connectivity index (χ1v) is 6.80. The molecular formula is C14H24N2. The lowest BCUT2D eigenvalue weighted by Crippen LogP contribution is -2.46. The number of piperidine rings is 1. The molecule has 2 heteroatoms. The maximum atomic E-state index is 5.34. The Labute approximate surface area is 99.8 Å². The standard InChI is InChI=1S/C14H24N2/c1-2-10-16-11-8-14(9-12-16)15-13-6-4-3-5-7-13/h1,13-15H,3-12H2. The summed E-state index contributed by atoms with van der Waals surface area (Å²) in [5.74, 6) is 2.74. The molecule has 0 aromatic heterocycles. The second kappa shape index (κ2) is 6.27. The zero-order valence-electron chi connectivity index (χ0n) is 10.3. The van der Waals surface area contributed by atoms with Gasteiger partial charge in [0.25, 0.3) is 0 Å². The van der Waals surface area contributed by atoms with Crippen LogP contribution in [0.2, 0.25) is 0 Å². The van der Waals surface area contributed by atoms with Crippen molar-refractivity contribution in [1.82, 2.24) is 10.2 Å². The van der Waals surface area contributed by atoms with Crippen LogP contribution in [-0.4, -0.2) is 36.6 Å². The summed E-state index contributed by atoms with van der Waals surface area (Å²) >= 11 is 0. The number of nitrogens with zero attached hydrogens (tertiary/aromatic N) is 1. The van der Waals surface area contributed by atoms with Crippen LogP contribution in [0.5, 0.6) is 0 Å². The van der Waals surface area contributed by atoms with Crippen LogP contribution >= 0.6 is 0 Å². The topological polar surface area (TPSA) is 15.3 Å². The molecule has 2 rings (SSSR count). The maximum Gasteiger partial charge on any atom is 0.0598 e. The number of hydrogen-bond donors (Lipinski definition) is 1. The van der Waals surface area contributed by atoms with Gasteiger partial charge in [-0.2, -0.15) is 0 Å². The van der Waals surface area contributed by atoms with E-state index in [0.717, 1.165) is 18.6 Å². The van der Waals surface area contributed by atoms with Gasteiger partial charge < -0.3 is 5.32 Å². The van der Waals surface area contributed by atoms with Gasteiger partial charge in [0.1, 0.15) is 0 Å². The molecule has 0 aromatic carbocycles. The van der Waals surface area contributed by atoms with Crippen molar-refractivity contribution in [2.75, 3.05) is 19.6 Å². The molecule has 16 heavy (non-hydrogen) atoms. The Morgan fingerprint density at radius 1 is 1.00 bits per heavy atom. The lowest BCUT2D eigenvalue weighted by Gasteiger charge is -2.34. The third-order valence-corrected chi connectivity index (χ3v) is 3.98. The highest BCUT2D eigenvalue weighted by Crippen LogP contribution is 2.20. The van der Waals surface area contributed by atoms with Crippen LogP contribution in [0.1, 0.15) is 44.9 Å². The molecule has 0 radical (unpaired) electrons. The summed E-state index contributed by atoms with van der Waals surface area (Å²) in [6.07, 6.45) is 15.0. The quantitative estimate of drug-likeness (QED) is 0.732. The summed E-state index contributed by atoms with van der Waals surface area (Å²) in [4.78, 5) is 2.39. The van der Waals surface area contributed by atoms with E-state index in [4.69, 9.17) is 6.42 Å². The lowest BCUT2D eigenvalue weighted by atomic mass is 9.93. The normalized spacial score (nSPS) is 25.4. The lowest BCUT2D eigenvalue weighted by molar-refractivity contribution is 0.200. The minimum absolute atomic E-state index is 0.747.